The van der Waals surface area contributed by atoms with Crippen molar-refractivity contribution in [1.82, 2.24) is 14.5 Å². The lowest BCUT2D eigenvalue weighted by Crippen LogP contribution is -2.56. The first-order valence-electron chi connectivity index (χ1n) is 10.2. The Labute approximate surface area is 194 Å². The highest BCUT2D eigenvalue weighted by molar-refractivity contribution is 7.89. The highest BCUT2D eigenvalue weighted by Gasteiger charge is 2.66. The Hall–Kier alpha value is -2.71. The number of nitrogens with zero attached hydrogens (tertiary/aromatic N) is 2. The van der Waals surface area contributed by atoms with Gasteiger partial charge in [-0.05, 0) is 31.2 Å². The number of amides is 2. The van der Waals surface area contributed by atoms with E-state index >= 15 is 0 Å². The normalized spacial score (nSPS) is 27.3. The molecular weight excluding hydrogens is 483 g/mol. The van der Waals surface area contributed by atoms with Crippen LogP contribution in [0.4, 0.5) is 13.2 Å². The van der Waals surface area contributed by atoms with E-state index in [4.69, 9.17) is 4.74 Å². The molecule has 3 rings (SSSR count). The van der Waals surface area contributed by atoms with Crippen molar-refractivity contribution in [3.8, 4) is 5.75 Å². The third-order valence-corrected chi connectivity index (χ3v) is 8.12. The van der Waals surface area contributed by atoms with Crippen LogP contribution in [0.2, 0.25) is 0 Å². The fourth-order valence-corrected chi connectivity index (χ4v) is 6.02. The number of carbonyl (C=O) groups is 3. The van der Waals surface area contributed by atoms with Gasteiger partial charge in [-0.2, -0.15) is 4.31 Å². The summed E-state index contributed by atoms with van der Waals surface area (Å²) in [6.07, 6.45) is -4.93. The summed E-state index contributed by atoms with van der Waals surface area (Å²) in [5.74, 6) is -4.57. The number of benzene rings is 1. The smallest absolute Gasteiger partial charge is 0.468 e. The lowest BCUT2D eigenvalue weighted by Gasteiger charge is -2.29. The fraction of sp³-hybridized carbons (Fsp3) is 0.550. The Balaban J connectivity index is 1.90. The first-order chi connectivity index (χ1) is 15.7. The van der Waals surface area contributed by atoms with Crippen LogP contribution in [0, 0.1) is 11.8 Å². The monoisotopic (exact) mass is 507 g/mol. The van der Waals surface area contributed by atoms with Crippen molar-refractivity contribution in [2.45, 2.75) is 36.7 Å². The van der Waals surface area contributed by atoms with Crippen molar-refractivity contribution >= 4 is 27.8 Å². The molecule has 2 fully saturated rings. The quantitative estimate of drug-likeness (QED) is 0.424. The number of sulfonamides is 1. The molecule has 2 heterocycles. The maximum Gasteiger partial charge on any atom is 0.573 e. The molecule has 10 nitrogen and oxygen atoms in total. The summed E-state index contributed by atoms with van der Waals surface area (Å²) >= 11 is 0. The van der Waals surface area contributed by atoms with Gasteiger partial charge in [0.2, 0.25) is 21.8 Å². The molecule has 4 atom stereocenters. The van der Waals surface area contributed by atoms with Crippen LogP contribution in [0.5, 0.6) is 5.75 Å². The number of likely N-dealkylation sites (tertiary alicyclic amines) is 1. The van der Waals surface area contributed by atoms with Crippen LogP contribution >= 0.6 is 0 Å². The molecule has 0 aliphatic carbocycles. The van der Waals surface area contributed by atoms with Gasteiger partial charge in [-0.3, -0.25) is 24.6 Å². The van der Waals surface area contributed by atoms with Gasteiger partial charge in [0.25, 0.3) is 0 Å². The minimum atomic E-state index is -4.93. The van der Waals surface area contributed by atoms with Crippen LogP contribution in [0.3, 0.4) is 0 Å². The fourth-order valence-electron chi connectivity index (χ4n) is 4.55. The summed E-state index contributed by atoms with van der Waals surface area (Å²) in [7, 11) is -1.78. The molecule has 188 valence electrons. The number of hydrogen-bond acceptors (Lipinski definition) is 8. The molecule has 34 heavy (non-hydrogen) atoms. The number of imide groups is 1. The Kier molecular flexibility index (Phi) is 6.72. The summed E-state index contributed by atoms with van der Waals surface area (Å²) < 4.78 is 73.1. The third-order valence-electron chi connectivity index (χ3n) is 6.17. The van der Waals surface area contributed by atoms with E-state index in [2.05, 4.69) is 10.1 Å². The molecule has 2 aliphatic rings. The van der Waals surface area contributed by atoms with Gasteiger partial charge in [-0.25, -0.2) is 8.42 Å². The molecule has 0 saturated carbocycles. The van der Waals surface area contributed by atoms with E-state index in [1.54, 1.807) is 6.92 Å². The molecule has 1 N–H and O–H groups in total. The second-order valence-electron chi connectivity index (χ2n) is 8.16. The second-order valence-corrected chi connectivity index (χ2v) is 10.1. The lowest BCUT2D eigenvalue weighted by molar-refractivity contribution is -0.274. The van der Waals surface area contributed by atoms with Gasteiger partial charge in [0.1, 0.15) is 11.3 Å². The average Bonchev–Trinajstić information content (AvgIpc) is 3.18. The number of methoxy groups -OCH3 is 1. The SMILES string of the molecule is CCN(C[C@H]1N[C@@](C)(C(=O)OC)[C@H]2C(=O)N(C)C(=O)[C@@H]12)S(=O)(=O)c1ccc(OC(F)(F)F)cc1. The number of esters is 1. The summed E-state index contributed by atoms with van der Waals surface area (Å²) in [5.41, 5.74) is -1.55. The van der Waals surface area contributed by atoms with E-state index in [1.165, 1.54) is 14.0 Å². The predicted molar refractivity (Wildman–Crippen MR) is 110 cm³/mol. The van der Waals surface area contributed by atoms with Crippen LogP contribution in [0.1, 0.15) is 13.8 Å². The van der Waals surface area contributed by atoms with E-state index in [9.17, 15) is 36.0 Å². The van der Waals surface area contributed by atoms with Crippen molar-refractivity contribution in [3.63, 3.8) is 0 Å². The van der Waals surface area contributed by atoms with Crippen LogP contribution in [0.25, 0.3) is 0 Å². The van der Waals surface area contributed by atoms with Crippen LogP contribution < -0.4 is 10.1 Å². The molecule has 0 aromatic heterocycles. The molecule has 2 saturated heterocycles. The summed E-state index contributed by atoms with van der Waals surface area (Å²) in [6, 6.07) is 2.79. The summed E-state index contributed by atoms with van der Waals surface area (Å²) in [5, 5.41) is 2.93. The Morgan fingerprint density at radius 1 is 1.21 bits per heavy atom. The molecule has 2 amide bonds. The highest BCUT2D eigenvalue weighted by atomic mass is 32.2. The molecular formula is C20H24F3N3O7S. The minimum absolute atomic E-state index is 0.0500. The average molecular weight is 507 g/mol. The molecule has 2 aliphatic heterocycles. The number of ether oxygens (including phenoxy) is 2. The molecule has 1 aromatic rings. The number of likely N-dealkylation sites (N-methyl/N-ethyl adjacent to an activating group) is 1. The minimum Gasteiger partial charge on any atom is -0.468 e. The summed E-state index contributed by atoms with van der Waals surface area (Å²) in [4.78, 5) is 38.6. The number of carbonyl (C=O) groups excluding carboxylic acids is 3. The Morgan fingerprint density at radius 3 is 2.29 bits per heavy atom. The standard InChI is InChI=1S/C20H24F3N3O7S/c1-5-26(34(30,31)12-8-6-11(7-9-12)33-20(21,22)23)10-13-14-15(17(28)25(3)16(14)27)19(2,24-13)18(29)32-4/h6-9,13-15,24H,5,10H2,1-4H3/t13-,14+,15-,19-/m1/s1. The van der Waals surface area contributed by atoms with Crippen LogP contribution in [-0.4, -0.2) is 80.6 Å². The van der Waals surface area contributed by atoms with Gasteiger partial charge < -0.3 is 9.47 Å². The van der Waals surface area contributed by atoms with Crippen molar-refractivity contribution in [3.05, 3.63) is 24.3 Å². The van der Waals surface area contributed by atoms with Crippen molar-refractivity contribution in [1.29, 1.82) is 0 Å². The van der Waals surface area contributed by atoms with Crippen LogP contribution in [0.15, 0.2) is 29.2 Å². The van der Waals surface area contributed by atoms with Gasteiger partial charge in [0, 0.05) is 26.2 Å². The van der Waals surface area contributed by atoms with Gasteiger partial charge in [0.05, 0.1) is 23.8 Å². The lowest BCUT2D eigenvalue weighted by atomic mass is 9.81. The topological polar surface area (TPSA) is 122 Å². The van der Waals surface area contributed by atoms with E-state index in [0.29, 0.717) is 0 Å². The largest absolute Gasteiger partial charge is 0.573 e. The van der Waals surface area contributed by atoms with E-state index in [1.807, 2.05) is 0 Å². The summed E-state index contributed by atoms with van der Waals surface area (Å²) in [6.45, 7) is 2.63. The van der Waals surface area contributed by atoms with Crippen molar-refractivity contribution in [2.24, 2.45) is 11.8 Å². The highest BCUT2D eigenvalue weighted by Crippen LogP contribution is 2.43. The van der Waals surface area contributed by atoms with Gasteiger partial charge in [-0.1, -0.05) is 6.92 Å². The zero-order chi connectivity index (χ0) is 25.6. The maximum absolute atomic E-state index is 13.2. The third kappa shape index (κ3) is 4.36. The van der Waals surface area contributed by atoms with E-state index in [-0.39, 0.29) is 18.0 Å². The number of hydrogen-bond donors (Lipinski definition) is 1. The zero-order valence-corrected chi connectivity index (χ0v) is 19.6. The molecule has 14 heteroatoms. The van der Waals surface area contributed by atoms with E-state index < -0.39 is 63.3 Å². The maximum atomic E-state index is 13.2. The number of rotatable bonds is 7. The van der Waals surface area contributed by atoms with Gasteiger partial charge >= 0.3 is 12.3 Å². The van der Waals surface area contributed by atoms with E-state index in [0.717, 1.165) is 40.6 Å². The Bertz CT molecular complexity index is 1090. The predicted octanol–water partition coefficient (Wildman–Crippen LogP) is 0.730. The molecule has 0 radical (unpaired) electrons. The molecule has 0 spiro atoms. The van der Waals surface area contributed by atoms with Crippen molar-refractivity contribution in [2.75, 3.05) is 27.2 Å². The molecule has 0 unspecified atom stereocenters. The molecule has 0 bridgehead atoms. The number of halogens is 3. The number of alkyl halides is 3. The van der Waals surface area contributed by atoms with Crippen LogP contribution in [-0.2, 0) is 29.1 Å². The first kappa shape index (κ1) is 25.9. The Morgan fingerprint density at radius 2 is 1.79 bits per heavy atom. The van der Waals surface area contributed by atoms with Gasteiger partial charge in [0.15, 0.2) is 0 Å². The molecule has 1 aromatic carbocycles. The zero-order valence-electron chi connectivity index (χ0n) is 18.7. The number of fused-ring (bicyclic) bond motifs is 1. The second kappa shape index (κ2) is 8.82. The number of nitrogens with one attached hydrogen (secondary N) is 1. The first-order valence-corrected chi connectivity index (χ1v) is 11.6. The van der Waals surface area contributed by atoms with Gasteiger partial charge in [-0.15, -0.1) is 13.2 Å². The van der Waals surface area contributed by atoms with Crippen molar-refractivity contribution < 1.29 is 45.4 Å².